The van der Waals surface area contributed by atoms with Gasteiger partial charge >= 0.3 is 0 Å². The minimum absolute atomic E-state index is 0.0174. The molecule has 0 atom stereocenters. The Morgan fingerprint density at radius 2 is 0.591 bits per heavy atom. The SMILES string of the molecule is CN(c1nc(Cl)nc(N(CCCCCCN(c2nc(Cl)nc(N(C)C3CC(C)(C)NC(C)(C)C3)n2)C2CC(C)(C)NC(C)(C)C2)C2CC(C)(C)NC(C)(C)C2)n1)C1CC(C)(C)NC(C)(C)C1. The van der Waals surface area contributed by atoms with Crippen LogP contribution in [0.5, 0.6) is 0 Å². The highest BCUT2D eigenvalue weighted by Crippen LogP contribution is 2.38. The van der Waals surface area contributed by atoms with Crippen molar-refractivity contribution in [1.29, 1.82) is 0 Å². The zero-order valence-corrected chi connectivity index (χ0v) is 45.9. The molecule has 4 N–H and O–H groups in total. The van der Waals surface area contributed by atoms with Crippen LogP contribution in [0.3, 0.4) is 0 Å². The fourth-order valence-electron chi connectivity index (χ4n) is 13.4. The van der Waals surface area contributed by atoms with Crippen LogP contribution in [0, 0.1) is 0 Å². The Balaban J connectivity index is 1.21. The molecule has 0 aromatic carbocycles. The molecule has 14 nitrogen and oxygen atoms in total. The van der Waals surface area contributed by atoms with Crippen LogP contribution in [0.15, 0.2) is 0 Å². The van der Waals surface area contributed by atoms with E-state index in [-0.39, 0.29) is 79.0 Å². The van der Waals surface area contributed by atoms with Gasteiger partial charge in [-0.15, -0.1) is 0 Å². The second-order valence-electron chi connectivity index (χ2n) is 26.3. The van der Waals surface area contributed by atoms with Crippen molar-refractivity contribution < 1.29 is 0 Å². The molecule has 4 aliphatic rings. The Morgan fingerprint density at radius 1 is 0.364 bits per heavy atom. The van der Waals surface area contributed by atoms with Crippen LogP contribution >= 0.6 is 23.2 Å². The standard InChI is InChI=1S/C50H90Cl2N14/c1-43(2)25-33(26-44(3,4)59-43)63(17)39-53-37(51)55-41(57-39)65(35-29-47(9,10)61-48(11,12)30-35)23-21-19-20-22-24-66(36-31-49(13,14)62-50(15,16)32-36)42-56-38(52)54-40(58-42)64(18)34-27-45(5,6)60-46(7,8)28-34/h33-36,59-62H,19-32H2,1-18H3. The molecule has 4 aliphatic heterocycles. The fourth-order valence-corrected chi connectivity index (χ4v) is 13.7. The third-order valence-corrected chi connectivity index (χ3v) is 14.9. The Morgan fingerprint density at radius 3 is 0.848 bits per heavy atom. The maximum absolute atomic E-state index is 6.84. The number of hydrogen-bond acceptors (Lipinski definition) is 14. The minimum atomic E-state index is -0.0536. The van der Waals surface area contributed by atoms with E-state index in [4.69, 9.17) is 53.1 Å². The lowest BCUT2D eigenvalue weighted by Crippen LogP contribution is -2.62. The van der Waals surface area contributed by atoms with Gasteiger partial charge in [0.05, 0.1) is 0 Å². The number of hydrogen-bond donors (Lipinski definition) is 4. The molecule has 6 heterocycles. The van der Waals surface area contributed by atoms with Gasteiger partial charge in [0.15, 0.2) is 0 Å². The van der Waals surface area contributed by atoms with Gasteiger partial charge in [0.25, 0.3) is 0 Å². The number of unbranched alkanes of at least 4 members (excludes halogenated alkanes) is 3. The molecule has 2 aromatic rings. The van der Waals surface area contributed by atoms with E-state index in [1.165, 1.54) is 0 Å². The van der Waals surface area contributed by atoms with Gasteiger partial charge in [-0.05, 0) is 198 Å². The van der Waals surface area contributed by atoms with E-state index >= 15 is 0 Å². The van der Waals surface area contributed by atoms with E-state index in [2.05, 4.69) is 166 Å². The van der Waals surface area contributed by atoms with Crippen molar-refractivity contribution >= 4 is 47.0 Å². The first kappa shape index (κ1) is 53.0. The summed E-state index contributed by atoms with van der Waals surface area (Å²) in [6.07, 6.45) is 11.9. The minimum Gasteiger partial charge on any atom is -0.341 e. The van der Waals surface area contributed by atoms with Gasteiger partial charge in [-0.25, -0.2) is 0 Å². The van der Waals surface area contributed by atoms with Crippen LogP contribution in [0.25, 0.3) is 0 Å². The molecule has 0 spiro atoms. The molecule has 2 aromatic heterocycles. The van der Waals surface area contributed by atoms with Crippen LogP contribution in [-0.4, -0.2) is 126 Å². The summed E-state index contributed by atoms with van der Waals surface area (Å²) < 4.78 is 0. The number of anilines is 4. The number of nitrogens with one attached hydrogen (secondary N) is 4. The first-order valence-corrected chi connectivity index (χ1v) is 25.9. The molecular formula is C50H90Cl2N14. The summed E-state index contributed by atoms with van der Waals surface area (Å²) in [6.45, 7) is 38.4. The summed E-state index contributed by atoms with van der Waals surface area (Å²) in [4.78, 5) is 39.1. The molecule has 6 rings (SSSR count). The molecule has 16 heteroatoms. The summed E-state index contributed by atoms with van der Waals surface area (Å²) in [5.74, 6) is 2.63. The van der Waals surface area contributed by atoms with Crippen LogP contribution < -0.4 is 40.9 Å². The van der Waals surface area contributed by atoms with Crippen LogP contribution in [-0.2, 0) is 0 Å². The van der Waals surface area contributed by atoms with Crippen LogP contribution in [0.4, 0.5) is 23.8 Å². The lowest BCUT2D eigenvalue weighted by atomic mass is 9.79. The van der Waals surface area contributed by atoms with Gasteiger partial charge in [0, 0.05) is 95.7 Å². The van der Waals surface area contributed by atoms with Gasteiger partial charge in [0.1, 0.15) is 0 Å². The summed E-state index contributed by atoms with van der Waals surface area (Å²) >= 11 is 13.7. The van der Waals surface area contributed by atoms with Gasteiger partial charge in [0.2, 0.25) is 34.4 Å². The van der Waals surface area contributed by atoms with Crippen molar-refractivity contribution in [2.45, 2.75) is 256 Å². The van der Waals surface area contributed by atoms with Crippen molar-refractivity contribution in [2.24, 2.45) is 0 Å². The molecular weight excluding hydrogens is 868 g/mol. The largest absolute Gasteiger partial charge is 0.341 e. The van der Waals surface area contributed by atoms with Gasteiger partial charge in [-0.2, -0.15) is 29.9 Å². The molecule has 0 radical (unpaired) electrons. The highest BCUT2D eigenvalue weighted by Gasteiger charge is 2.45. The van der Waals surface area contributed by atoms with E-state index in [0.29, 0.717) is 23.8 Å². The second-order valence-corrected chi connectivity index (χ2v) is 26.9. The number of nitrogens with zero attached hydrogens (tertiary/aromatic N) is 10. The Hall–Kier alpha value is -2.36. The topological polar surface area (TPSA) is 138 Å². The quantitative estimate of drug-likeness (QED) is 0.126. The second kappa shape index (κ2) is 19.1. The first-order chi connectivity index (χ1) is 30.1. The van der Waals surface area contributed by atoms with E-state index in [1.807, 2.05) is 0 Å². The van der Waals surface area contributed by atoms with Crippen molar-refractivity contribution in [3.05, 3.63) is 10.6 Å². The Labute approximate surface area is 410 Å². The van der Waals surface area contributed by atoms with E-state index in [1.54, 1.807) is 0 Å². The van der Waals surface area contributed by atoms with Crippen molar-refractivity contribution in [3.8, 4) is 0 Å². The summed E-state index contributed by atoms with van der Waals surface area (Å²) in [5.41, 5.74) is -0.284. The number of piperidine rings is 4. The van der Waals surface area contributed by atoms with Crippen molar-refractivity contribution in [2.75, 3.05) is 46.8 Å². The number of halogens is 2. The molecule has 0 bridgehead atoms. The molecule has 4 fully saturated rings. The van der Waals surface area contributed by atoms with Gasteiger partial charge < -0.3 is 40.9 Å². The Bertz CT molecular complexity index is 1780. The normalized spacial score (nSPS) is 24.7. The molecule has 0 saturated carbocycles. The van der Waals surface area contributed by atoms with E-state index in [0.717, 1.165) is 90.1 Å². The van der Waals surface area contributed by atoms with E-state index in [9.17, 15) is 0 Å². The third-order valence-electron chi connectivity index (χ3n) is 14.5. The molecule has 0 amide bonds. The zero-order chi connectivity index (χ0) is 49.1. The monoisotopic (exact) mass is 957 g/mol. The maximum atomic E-state index is 6.84. The average Bonchev–Trinajstić information content (AvgIpc) is 3.09. The predicted octanol–water partition coefficient (Wildman–Crippen LogP) is 9.35. The highest BCUT2D eigenvalue weighted by molar-refractivity contribution is 6.28. The predicted molar refractivity (Wildman–Crippen MR) is 277 cm³/mol. The summed E-state index contributed by atoms with van der Waals surface area (Å²) in [7, 11) is 4.24. The number of aromatic nitrogens is 6. The zero-order valence-electron chi connectivity index (χ0n) is 44.4. The Kier molecular flexibility index (Phi) is 15.3. The fraction of sp³-hybridized carbons (Fsp3) is 0.880. The molecule has 0 aliphatic carbocycles. The highest BCUT2D eigenvalue weighted by atomic mass is 35.5. The van der Waals surface area contributed by atoms with Crippen LogP contribution in [0.1, 0.15) is 188 Å². The molecule has 0 unspecified atom stereocenters. The summed E-state index contributed by atoms with van der Waals surface area (Å²) in [5, 5.41) is 15.9. The van der Waals surface area contributed by atoms with Crippen molar-refractivity contribution in [3.63, 3.8) is 0 Å². The van der Waals surface area contributed by atoms with Crippen molar-refractivity contribution in [1.82, 2.24) is 51.2 Å². The molecule has 66 heavy (non-hydrogen) atoms. The van der Waals surface area contributed by atoms with E-state index < -0.39 is 0 Å². The lowest BCUT2D eigenvalue weighted by Gasteiger charge is -2.50. The third kappa shape index (κ3) is 14.1. The first-order valence-electron chi connectivity index (χ1n) is 25.1. The average molecular weight is 958 g/mol. The lowest BCUT2D eigenvalue weighted by molar-refractivity contribution is 0.156. The molecule has 374 valence electrons. The van der Waals surface area contributed by atoms with Gasteiger partial charge in [-0.3, -0.25) is 0 Å². The van der Waals surface area contributed by atoms with Gasteiger partial charge in [-0.1, -0.05) is 12.8 Å². The maximum Gasteiger partial charge on any atom is 0.231 e. The number of rotatable bonds is 15. The smallest absolute Gasteiger partial charge is 0.231 e. The summed E-state index contributed by atoms with van der Waals surface area (Å²) in [6, 6.07) is 0.971. The van der Waals surface area contributed by atoms with Crippen LogP contribution in [0.2, 0.25) is 10.6 Å². The molecule has 4 saturated heterocycles.